The largest absolute Gasteiger partial charge is 0.356 e. The molecule has 1 aromatic carbocycles. The maximum atomic E-state index is 12.2. The number of carbonyl (C=O) groups is 1. The predicted octanol–water partition coefficient (Wildman–Crippen LogP) is 3.73. The number of aryl methyl sites for hydroxylation is 2. The third-order valence-electron chi connectivity index (χ3n) is 4.20. The molecular formula is C18H23N5O. The number of urea groups is 1. The van der Waals surface area contributed by atoms with Crippen molar-refractivity contribution in [1.82, 2.24) is 9.97 Å². The molecule has 0 aliphatic carbocycles. The number of benzene rings is 1. The Bertz CT molecular complexity index is 725. The van der Waals surface area contributed by atoms with E-state index in [2.05, 4.69) is 25.5 Å². The lowest BCUT2D eigenvalue weighted by molar-refractivity contribution is 0.262. The van der Waals surface area contributed by atoms with Crippen LogP contribution in [0.25, 0.3) is 0 Å². The van der Waals surface area contributed by atoms with Gasteiger partial charge in [0, 0.05) is 24.8 Å². The molecule has 0 spiro atoms. The summed E-state index contributed by atoms with van der Waals surface area (Å²) in [5.41, 5.74) is 2.99. The third-order valence-corrected chi connectivity index (χ3v) is 4.20. The van der Waals surface area contributed by atoms with E-state index in [1.54, 1.807) is 0 Å². The van der Waals surface area contributed by atoms with Crippen molar-refractivity contribution in [3.63, 3.8) is 0 Å². The molecule has 2 heterocycles. The van der Waals surface area contributed by atoms with Crippen molar-refractivity contribution >= 4 is 23.4 Å². The molecule has 0 unspecified atom stereocenters. The van der Waals surface area contributed by atoms with Gasteiger partial charge in [0.05, 0.1) is 0 Å². The number of hydrogen-bond donors (Lipinski definition) is 2. The summed E-state index contributed by atoms with van der Waals surface area (Å²) in [6.45, 7) is 6.01. The first-order chi connectivity index (χ1) is 11.6. The Morgan fingerprint density at radius 3 is 2.58 bits per heavy atom. The monoisotopic (exact) mass is 325 g/mol. The lowest BCUT2D eigenvalue weighted by atomic mass is 10.1. The normalized spacial score (nSPS) is 14.3. The summed E-state index contributed by atoms with van der Waals surface area (Å²) < 4.78 is 0. The highest BCUT2D eigenvalue weighted by Crippen LogP contribution is 2.20. The zero-order valence-corrected chi connectivity index (χ0v) is 14.2. The first kappa shape index (κ1) is 16.2. The molecule has 6 nitrogen and oxygen atoms in total. The smallest absolute Gasteiger partial charge is 0.324 e. The Kier molecular flexibility index (Phi) is 4.93. The fourth-order valence-corrected chi connectivity index (χ4v) is 2.94. The summed E-state index contributed by atoms with van der Waals surface area (Å²) in [5.74, 6) is 1.37. The molecule has 126 valence electrons. The predicted molar refractivity (Wildman–Crippen MR) is 96.7 cm³/mol. The molecule has 1 aromatic heterocycles. The first-order valence-electron chi connectivity index (χ1n) is 8.34. The Labute approximate surface area is 142 Å². The van der Waals surface area contributed by atoms with Crippen molar-refractivity contribution < 1.29 is 4.79 Å². The second-order valence-electron chi connectivity index (χ2n) is 6.21. The van der Waals surface area contributed by atoms with Crippen LogP contribution in [0.5, 0.6) is 0 Å². The van der Waals surface area contributed by atoms with Crippen LogP contribution in [0.1, 0.15) is 30.4 Å². The number of nitrogens with zero attached hydrogens (tertiary/aromatic N) is 3. The van der Waals surface area contributed by atoms with Crippen LogP contribution < -0.4 is 15.5 Å². The number of piperidine rings is 1. The van der Waals surface area contributed by atoms with Crippen LogP contribution >= 0.6 is 0 Å². The summed E-state index contributed by atoms with van der Waals surface area (Å²) in [5, 5.41) is 5.64. The number of anilines is 3. The molecule has 6 heteroatoms. The Balaban J connectivity index is 1.65. The van der Waals surface area contributed by atoms with E-state index >= 15 is 0 Å². The summed E-state index contributed by atoms with van der Waals surface area (Å²) in [6, 6.07) is 7.44. The van der Waals surface area contributed by atoms with Gasteiger partial charge in [-0.1, -0.05) is 17.7 Å². The topological polar surface area (TPSA) is 70.2 Å². The van der Waals surface area contributed by atoms with Crippen LogP contribution in [0, 0.1) is 13.8 Å². The highest BCUT2D eigenvalue weighted by Gasteiger charge is 2.13. The molecule has 1 saturated heterocycles. The zero-order valence-electron chi connectivity index (χ0n) is 14.2. The molecule has 1 aliphatic heterocycles. The summed E-state index contributed by atoms with van der Waals surface area (Å²) in [4.78, 5) is 22.9. The van der Waals surface area contributed by atoms with Gasteiger partial charge in [-0.25, -0.2) is 14.8 Å². The van der Waals surface area contributed by atoms with Crippen molar-refractivity contribution in [3.8, 4) is 0 Å². The van der Waals surface area contributed by atoms with E-state index in [4.69, 9.17) is 0 Å². The van der Waals surface area contributed by atoms with Gasteiger partial charge in [0.1, 0.15) is 18.0 Å². The van der Waals surface area contributed by atoms with Crippen molar-refractivity contribution in [2.24, 2.45) is 0 Å². The number of aromatic nitrogens is 2. The van der Waals surface area contributed by atoms with Crippen LogP contribution in [-0.4, -0.2) is 29.1 Å². The Hall–Kier alpha value is -2.63. The van der Waals surface area contributed by atoms with E-state index in [-0.39, 0.29) is 6.03 Å². The molecule has 0 saturated carbocycles. The molecule has 0 bridgehead atoms. The minimum Gasteiger partial charge on any atom is -0.356 e. The summed E-state index contributed by atoms with van der Waals surface area (Å²) in [6.07, 6.45) is 5.13. The van der Waals surface area contributed by atoms with Gasteiger partial charge in [0.25, 0.3) is 0 Å². The average molecular weight is 325 g/mol. The fraction of sp³-hybridized carbons (Fsp3) is 0.389. The second kappa shape index (κ2) is 7.29. The van der Waals surface area contributed by atoms with Gasteiger partial charge in [0.2, 0.25) is 0 Å². The number of nitrogens with one attached hydrogen (secondary N) is 2. The second-order valence-corrected chi connectivity index (χ2v) is 6.21. The van der Waals surface area contributed by atoms with Gasteiger partial charge in [0.15, 0.2) is 0 Å². The molecule has 24 heavy (non-hydrogen) atoms. The SMILES string of the molecule is Cc1ccc(NC(=O)Nc2cc(N3CCCCC3)ncn2)c(C)c1. The summed E-state index contributed by atoms with van der Waals surface area (Å²) >= 11 is 0. The van der Waals surface area contributed by atoms with Gasteiger partial charge in [-0.3, -0.25) is 5.32 Å². The molecule has 1 aliphatic rings. The summed E-state index contributed by atoms with van der Waals surface area (Å²) in [7, 11) is 0. The van der Waals surface area contributed by atoms with Gasteiger partial charge < -0.3 is 10.2 Å². The molecule has 0 atom stereocenters. The molecule has 1 fully saturated rings. The van der Waals surface area contributed by atoms with E-state index in [9.17, 15) is 4.79 Å². The Morgan fingerprint density at radius 2 is 1.83 bits per heavy atom. The number of rotatable bonds is 3. The van der Waals surface area contributed by atoms with Crippen molar-refractivity contribution in [1.29, 1.82) is 0 Å². The molecule has 2 amide bonds. The quantitative estimate of drug-likeness (QED) is 0.902. The molecule has 2 aromatic rings. The van der Waals surface area contributed by atoms with E-state index in [1.807, 2.05) is 38.1 Å². The number of amides is 2. The van der Waals surface area contributed by atoms with Crippen LogP contribution in [0.3, 0.4) is 0 Å². The zero-order chi connectivity index (χ0) is 16.9. The third kappa shape index (κ3) is 4.01. The van der Waals surface area contributed by atoms with E-state index in [0.717, 1.165) is 30.2 Å². The lowest BCUT2D eigenvalue weighted by Gasteiger charge is -2.27. The number of hydrogen-bond acceptors (Lipinski definition) is 4. The van der Waals surface area contributed by atoms with Crippen LogP contribution in [-0.2, 0) is 0 Å². The van der Waals surface area contributed by atoms with Crippen LogP contribution in [0.4, 0.5) is 22.1 Å². The maximum absolute atomic E-state index is 12.2. The van der Waals surface area contributed by atoms with Gasteiger partial charge in [-0.05, 0) is 44.7 Å². The van der Waals surface area contributed by atoms with Crippen molar-refractivity contribution in [2.75, 3.05) is 28.6 Å². The Morgan fingerprint density at radius 1 is 1.04 bits per heavy atom. The fourth-order valence-electron chi connectivity index (χ4n) is 2.94. The standard InChI is InChI=1S/C18H23N5O/c1-13-6-7-15(14(2)10-13)21-18(24)22-16-11-17(20-12-19-16)23-8-4-3-5-9-23/h6-7,10-12H,3-5,8-9H2,1-2H3,(H2,19,20,21,22,24). The van der Waals surface area contributed by atoms with Gasteiger partial charge >= 0.3 is 6.03 Å². The van der Waals surface area contributed by atoms with Crippen molar-refractivity contribution in [3.05, 3.63) is 41.7 Å². The highest BCUT2D eigenvalue weighted by atomic mass is 16.2. The molecule has 2 N–H and O–H groups in total. The van der Waals surface area contributed by atoms with Gasteiger partial charge in [-0.15, -0.1) is 0 Å². The number of carbonyl (C=O) groups excluding carboxylic acids is 1. The minimum atomic E-state index is -0.301. The maximum Gasteiger partial charge on any atom is 0.324 e. The van der Waals surface area contributed by atoms with E-state index in [1.165, 1.54) is 31.2 Å². The average Bonchev–Trinajstić information content (AvgIpc) is 2.58. The van der Waals surface area contributed by atoms with Gasteiger partial charge in [-0.2, -0.15) is 0 Å². The van der Waals surface area contributed by atoms with E-state index < -0.39 is 0 Å². The lowest BCUT2D eigenvalue weighted by Crippen LogP contribution is -2.30. The molecule has 0 radical (unpaired) electrons. The van der Waals surface area contributed by atoms with E-state index in [0.29, 0.717) is 5.82 Å². The highest BCUT2D eigenvalue weighted by molar-refractivity contribution is 5.99. The molecule has 3 rings (SSSR count). The first-order valence-corrected chi connectivity index (χ1v) is 8.34. The van der Waals surface area contributed by atoms with Crippen molar-refractivity contribution in [2.45, 2.75) is 33.1 Å². The minimum absolute atomic E-state index is 0.301. The van der Waals surface area contributed by atoms with Crippen LogP contribution in [0.15, 0.2) is 30.6 Å². The van der Waals surface area contributed by atoms with Crippen LogP contribution in [0.2, 0.25) is 0 Å². The molecular weight excluding hydrogens is 302 g/mol.